The van der Waals surface area contributed by atoms with Gasteiger partial charge in [-0.1, -0.05) is 30.3 Å². The number of carbonyl (C=O) groups excluding carboxylic acids is 2. The van der Waals surface area contributed by atoms with Gasteiger partial charge < -0.3 is 4.74 Å². The van der Waals surface area contributed by atoms with Crippen molar-refractivity contribution < 1.29 is 18.7 Å². The first-order valence-corrected chi connectivity index (χ1v) is 9.61. The molecule has 1 aromatic heterocycles. The Labute approximate surface area is 170 Å². The summed E-state index contributed by atoms with van der Waals surface area (Å²) in [6.45, 7) is 0. The zero-order valence-corrected chi connectivity index (χ0v) is 15.9. The second-order valence-electron chi connectivity index (χ2n) is 6.15. The van der Waals surface area contributed by atoms with E-state index in [1.54, 1.807) is 29.6 Å². The molecule has 0 aliphatic carbocycles. The summed E-state index contributed by atoms with van der Waals surface area (Å²) < 4.78 is 18.4. The van der Waals surface area contributed by atoms with Crippen molar-refractivity contribution in [3.8, 4) is 16.3 Å². The lowest BCUT2D eigenvalue weighted by Crippen LogP contribution is -2.09. The predicted molar refractivity (Wildman–Crippen MR) is 109 cm³/mol. The molecule has 0 spiro atoms. The third-order valence-electron chi connectivity index (χ3n) is 4.17. The van der Waals surface area contributed by atoms with Gasteiger partial charge >= 0.3 is 5.97 Å². The summed E-state index contributed by atoms with van der Waals surface area (Å²) in [6, 6.07) is 21.1. The SMILES string of the molecule is O=C(c1ccc(F)cc1)c1ccc(OC(=O)c2csc(-c3ccccc3)n2)cc1. The molecule has 0 amide bonds. The minimum Gasteiger partial charge on any atom is -0.422 e. The molecule has 6 heteroatoms. The maximum Gasteiger partial charge on any atom is 0.363 e. The summed E-state index contributed by atoms with van der Waals surface area (Å²) in [5.41, 5.74) is 1.95. The van der Waals surface area contributed by atoms with Crippen LogP contribution in [0.5, 0.6) is 5.75 Å². The molecule has 0 saturated carbocycles. The summed E-state index contributed by atoms with van der Waals surface area (Å²) in [5.74, 6) is -0.905. The molecule has 4 rings (SSSR count). The summed E-state index contributed by atoms with van der Waals surface area (Å²) in [5, 5.41) is 2.38. The summed E-state index contributed by atoms with van der Waals surface area (Å²) in [6.07, 6.45) is 0. The zero-order valence-electron chi connectivity index (χ0n) is 15.0. The fourth-order valence-electron chi connectivity index (χ4n) is 2.68. The lowest BCUT2D eigenvalue weighted by atomic mass is 10.0. The molecule has 0 unspecified atom stereocenters. The first kappa shape index (κ1) is 18.7. The number of rotatable bonds is 5. The van der Waals surface area contributed by atoms with Crippen LogP contribution in [-0.4, -0.2) is 16.7 Å². The van der Waals surface area contributed by atoms with E-state index in [1.165, 1.54) is 35.6 Å². The van der Waals surface area contributed by atoms with E-state index >= 15 is 0 Å². The highest BCUT2D eigenvalue weighted by atomic mass is 32.1. The van der Waals surface area contributed by atoms with Crippen LogP contribution in [-0.2, 0) is 0 Å². The second-order valence-corrected chi connectivity index (χ2v) is 7.01. The molecule has 29 heavy (non-hydrogen) atoms. The van der Waals surface area contributed by atoms with Gasteiger partial charge in [0.2, 0.25) is 0 Å². The van der Waals surface area contributed by atoms with Crippen LogP contribution in [0.3, 0.4) is 0 Å². The molecule has 1 heterocycles. The van der Waals surface area contributed by atoms with Crippen LogP contribution >= 0.6 is 11.3 Å². The van der Waals surface area contributed by atoms with Crippen molar-refractivity contribution in [3.63, 3.8) is 0 Å². The second kappa shape index (κ2) is 8.16. The van der Waals surface area contributed by atoms with Crippen LogP contribution in [0.1, 0.15) is 26.4 Å². The molecular formula is C23H14FNO3S. The highest BCUT2D eigenvalue weighted by molar-refractivity contribution is 7.13. The Balaban J connectivity index is 1.45. The Hall–Kier alpha value is -3.64. The summed E-state index contributed by atoms with van der Waals surface area (Å²) >= 11 is 1.36. The van der Waals surface area contributed by atoms with Gasteiger partial charge in [-0.3, -0.25) is 4.79 Å². The van der Waals surface area contributed by atoms with Crippen LogP contribution in [0.25, 0.3) is 10.6 Å². The number of hydrogen-bond donors (Lipinski definition) is 0. The first-order valence-electron chi connectivity index (χ1n) is 8.73. The van der Waals surface area contributed by atoms with Crippen molar-refractivity contribution >= 4 is 23.1 Å². The maximum absolute atomic E-state index is 13.0. The number of ether oxygens (including phenoxy) is 1. The van der Waals surface area contributed by atoms with Crippen molar-refractivity contribution in [2.75, 3.05) is 0 Å². The topological polar surface area (TPSA) is 56.3 Å². The van der Waals surface area contributed by atoms with E-state index in [-0.39, 0.29) is 11.5 Å². The van der Waals surface area contributed by atoms with E-state index in [0.29, 0.717) is 16.9 Å². The molecule has 0 N–H and O–H groups in total. The molecule has 0 saturated heterocycles. The van der Waals surface area contributed by atoms with E-state index in [1.807, 2.05) is 30.3 Å². The smallest absolute Gasteiger partial charge is 0.363 e. The Morgan fingerprint density at radius 2 is 1.45 bits per heavy atom. The highest BCUT2D eigenvalue weighted by Gasteiger charge is 2.15. The van der Waals surface area contributed by atoms with Gasteiger partial charge in [-0.05, 0) is 48.5 Å². The molecule has 0 bridgehead atoms. The monoisotopic (exact) mass is 403 g/mol. The molecule has 142 valence electrons. The van der Waals surface area contributed by atoms with Crippen LogP contribution in [0.15, 0.2) is 84.2 Å². The molecule has 3 aromatic carbocycles. The number of aromatic nitrogens is 1. The Bertz CT molecular complexity index is 1150. The van der Waals surface area contributed by atoms with E-state index in [0.717, 1.165) is 10.6 Å². The molecule has 0 aliphatic rings. The molecule has 4 aromatic rings. The predicted octanol–water partition coefficient (Wildman–Crippen LogP) is 5.40. The number of hydrogen-bond acceptors (Lipinski definition) is 5. The quantitative estimate of drug-likeness (QED) is 0.254. The summed E-state index contributed by atoms with van der Waals surface area (Å²) in [4.78, 5) is 29.1. The lowest BCUT2D eigenvalue weighted by molar-refractivity contribution is 0.0729. The van der Waals surface area contributed by atoms with Gasteiger partial charge in [0.25, 0.3) is 0 Å². The number of esters is 1. The Morgan fingerprint density at radius 3 is 2.10 bits per heavy atom. The third kappa shape index (κ3) is 4.28. The van der Waals surface area contributed by atoms with Gasteiger partial charge in [0.05, 0.1) is 0 Å². The van der Waals surface area contributed by atoms with E-state index in [2.05, 4.69) is 4.98 Å². The van der Waals surface area contributed by atoms with Crippen LogP contribution < -0.4 is 4.74 Å². The van der Waals surface area contributed by atoms with Crippen LogP contribution in [0.2, 0.25) is 0 Å². The number of nitrogens with zero attached hydrogens (tertiary/aromatic N) is 1. The van der Waals surface area contributed by atoms with Gasteiger partial charge in [-0.15, -0.1) is 11.3 Å². The Kier molecular flexibility index (Phi) is 5.27. The lowest BCUT2D eigenvalue weighted by Gasteiger charge is -2.05. The maximum atomic E-state index is 13.0. The third-order valence-corrected chi connectivity index (χ3v) is 5.06. The van der Waals surface area contributed by atoms with Gasteiger partial charge in [0.1, 0.15) is 16.6 Å². The Morgan fingerprint density at radius 1 is 0.828 bits per heavy atom. The fraction of sp³-hybridized carbons (Fsp3) is 0. The first-order chi connectivity index (χ1) is 14.1. The minimum absolute atomic E-state index is 0.223. The van der Waals surface area contributed by atoms with E-state index in [4.69, 9.17) is 4.74 Å². The normalized spacial score (nSPS) is 10.5. The van der Waals surface area contributed by atoms with Crippen molar-refractivity contribution in [2.45, 2.75) is 0 Å². The zero-order chi connectivity index (χ0) is 20.2. The van der Waals surface area contributed by atoms with E-state index in [9.17, 15) is 14.0 Å². The fourth-order valence-corrected chi connectivity index (χ4v) is 3.48. The molecule has 0 fully saturated rings. The number of carbonyl (C=O) groups is 2. The molecular weight excluding hydrogens is 389 g/mol. The minimum atomic E-state index is -0.568. The standard InChI is InChI=1S/C23H14FNO3S/c24-18-10-6-15(7-11-18)21(26)16-8-12-19(13-9-16)28-23(27)20-14-29-22(25-20)17-4-2-1-3-5-17/h1-14H. The van der Waals surface area contributed by atoms with E-state index < -0.39 is 11.8 Å². The van der Waals surface area contributed by atoms with Gasteiger partial charge in [0.15, 0.2) is 11.5 Å². The van der Waals surface area contributed by atoms with Crippen LogP contribution in [0, 0.1) is 5.82 Å². The number of thiazole rings is 1. The molecule has 0 radical (unpaired) electrons. The average Bonchev–Trinajstić information content (AvgIpc) is 3.26. The van der Waals surface area contributed by atoms with Crippen LogP contribution in [0.4, 0.5) is 4.39 Å². The largest absolute Gasteiger partial charge is 0.422 e. The average molecular weight is 403 g/mol. The van der Waals surface area contributed by atoms with Crippen molar-refractivity contribution in [1.29, 1.82) is 0 Å². The van der Waals surface area contributed by atoms with Gasteiger partial charge in [-0.2, -0.15) is 0 Å². The molecule has 0 atom stereocenters. The number of halogens is 1. The number of benzene rings is 3. The summed E-state index contributed by atoms with van der Waals surface area (Å²) in [7, 11) is 0. The molecule has 4 nitrogen and oxygen atoms in total. The van der Waals surface area contributed by atoms with Crippen molar-refractivity contribution in [3.05, 3.63) is 107 Å². The van der Waals surface area contributed by atoms with Crippen molar-refractivity contribution in [1.82, 2.24) is 4.98 Å². The molecule has 0 aliphatic heterocycles. The van der Waals surface area contributed by atoms with Gasteiger partial charge in [0, 0.05) is 22.1 Å². The number of ketones is 1. The highest BCUT2D eigenvalue weighted by Crippen LogP contribution is 2.24. The van der Waals surface area contributed by atoms with Gasteiger partial charge in [-0.25, -0.2) is 14.2 Å². The van der Waals surface area contributed by atoms with Crippen molar-refractivity contribution in [2.24, 2.45) is 0 Å².